The van der Waals surface area contributed by atoms with Gasteiger partial charge >= 0.3 is 0 Å². The summed E-state index contributed by atoms with van der Waals surface area (Å²) in [6, 6.07) is 0. The fraction of sp³-hybridized carbons (Fsp3) is 1.00. The Hall–Kier alpha value is -0.310. The molecule has 1 unspecified atom stereocenters. The molecule has 1 heterocycles. The van der Waals surface area contributed by atoms with Gasteiger partial charge in [-0.15, -0.1) is 0 Å². The van der Waals surface area contributed by atoms with Gasteiger partial charge in [0.25, 0.3) is 0 Å². The fourth-order valence-electron chi connectivity index (χ4n) is 1.33. The molecule has 1 rings (SSSR count). The van der Waals surface area contributed by atoms with Crippen molar-refractivity contribution < 1.29 is 34.7 Å². The molecule has 0 aromatic rings. The Morgan fingerprint density at radius 1 is 1.21 bits per heavy atom. The van der Waals surface area contributed by atoms with Crippen LogP contribution in [-0.4, -0.2) is 69.0 Å². The molecule has 0 radical (unpaired) electrons. The monoisotopic (exact) mass is 212 g/mol. The first-order valence-electron chi connectivity index (χ1n) is 4.07. The average Bonchev–Trinajstić information content (AvgIpc) is 2.20. The third-order valence-electron chi connectivity index (χ3n) is 2.25. The number of rotatable bonds is 2. The summed E-state index contributed by atoms with van der Waals surface area (Å²) in [5, 5.41) is 45.6. The number of hydrogen-bond acceptors (Lipinski definition) is 6. The lowest BCUT2D eigenvalue weighted by Crippen LogP contribution is -2.66. The van der Waals surface area contributed by atoms with Crippen LogP contribution in [0.3, 0.4) is 0 Å². The van der Waals surface area contributed by atoms with Gasteiger partial charge in [-0.05, 0) is 0 Å². The molecule has 84 valence electrons. The number of ether oxygens (including phenoxy) is 1. The number of hydrogen-bond donors (Lipinski definition) is 5. The van der Waals surface area contributed by atoms with Gasteiger partial charge in [0.05, 0.1) is 6.61 Å². The van der Waals surface area contributed by atoms with Gasteiger partial charge < -0.3 is 30.3 Å². The van der Waals surface area contributed by atoms with E-state index in [1.54, 1.807) is 0 Å². The van der Waals surface area contributed by atoms with Crippen LogP contribution in [0.15, 0.2) is 0 Å². The smallest absolute Gasteiger partial charge is 0.219 e. The summed E-state index contributed by atoms with van der Waals surface area (Å²) in [4.78, 5) is 0. The molecule has 0 aromatic carbocycles. The highest BCUT2D eigenvalue weighted by atomic mass is 19.1. The van der Waals surface area contributed by atoms with E-state index in [9.17, 15) is 19.7 Å². The zero-order valence-electron chi connectivity index (χ0n) is 7.25. The zero-order chi connectivity index (χ0) is 10.9. The second-order valence-electron chi connectivity index (χ2n) is 3.24. The van der Waals surface area contributed by atoms with E-state index in [-0.39, 0.29) is 0 Å². The summed E-state index contributed by atoms with van der Waals surface area (Å²) >= 11 is 0. The highest BCUT2D eigenvalue weighted by Crippen LogP contribution is 2.27. The van der Waals surface area contributed by atoms with Crippen molar-refractivity contribution in [2.45, 2.75) is 30.2 Å². The quantitative estimate of drug-likeness (QED) is 0.336. The third kappa shape index (κ3) is 1.74. The van der Waals surface area contributed by atoms with Crippen molar-refractivity contribution in [2.24, 2.45) is 0 Å². The van der Waals surface area contributed by atoms with E-state index < -0.39 is 43.5 Å². The van der Waals surface area contributed by atoms with Crippen molar-refractivity contribution in [3.63, 3.8) is 0 Å². The van der Waals surface area contributed by atoms with Gasteiger partial charge in [-0.1, -0.05) is 0 Å². The second-order valence-corrected chi connectivity index (χ2v) is 3.24. The molecule has 0 aromatic heterocycles. The fourth-order valence-corrected chi connectivity index (χ4v) is 1.33. The van der Waals surface area contributed by atoms with Crippen LogP contribution in [0.1, 0.15) is 0 Å². The summed E-state index contributed by atoms with van der Waals surface area (Å²) in [5.74, 6) is -2.44. The first-order chi connectivity index (χ1) is 6.46. The predicted molar refractivity (Wildman–Crippen MR) is 40.9 cm³/mol. The molecule has 0 bridgehead atoms. The third-order valence-corrected chi connectivity index (χ3v) is 2.25. The summed E-state index contributed by atoms with van der Waals surface area (Å²) < 4.78 is 16.8. The molecule has 5 atom stereocenters. The molecular formula is C7H13FO6. The van der Waals surface area contributed by atoms with E-state index in [0.717, 1.165) is 0 Å². The minimum atomic E-state index is -2.44. The van der Waals surface area contributed by atoms with Crippen molar-refractivity contribution in [1.82, 2.24) is 0 Å². The summed E-state index contributed by atoms with van der Waals surface area (Å²) in [6.45, 7) is -2.15. The Labute approximate surface area is 79.2 Å². The first kappa shape index (κ1) is 11.8. The largest absolute Gasteiger partial charge is 0.391 e. The van der Waals surface area contributed by atoms with Gasteiger partial charge in [0.1, 0.15) is 31.1 Å². The van der Waals surface area contributed by atoms with Gasteiger partial charge in [0.15, 0.2) is 0 Å². The van der Waals surface area contributed by atoms with Crippen molar-refractivity contribution in [1.29, 1.82) is 0 Å². The van der Waals surface area contributed by atoms with E-state index in [1.165, 1.54) is 0 Å². The summed E-state index contributed by atoms with van der Waals surface area (Å²) in [7, 11) is 0. The van der Waals surface area contributed by atoms with E-state index >= 15 is 0 Å². The normalized spacial score (nSPS) is 49.3. The van der Waals surface area contributed by atoms with Crippen LogP contribution in [0.2, 0.25) is 0 Å². The zero-order valence-corrected chi connectivity index (χ0v) is 7.25. The number of halogens is 1. The van der Waals surface area contributed by atoms with E-state index in [0.29, 0.717) is 0 Å². The predicted octanol–water partition coefficient (Wildman–Crippen LogP) is -2.88. The maximum absolute atomic E-state index is 12.2. The Bertz CT molecular complexity index is 201. The lowest BCUT2D eigenvalue weighted by Gasteiger charge is -2.44. The maximum Gasteiger partial charge on any atom is 0.219 e. The standard InChI is InChI=1S/C7H13FO6/c8-1-3-4(10)5(11)6(12)7(13,2-9)14-3/h3-6,9-13H,1-2H2/t3-,4-,5+,6+,7?/m1/s1. The van der Waals surface area contributed by atoms with Gasteiger partial charge in [0.2, 0.25) is 5.79 Å². The topological polar surface area (TPSA) is 110 Å². The molecular weight excluding hydrogens is 199 g/mol. The highest BCUT2D eigenvalue weighted by molar-refractivity contribution is 4.95. The van der Waals surface area contributed by atoms with Crippen LogP contribution < -0.4 is 0 Å². The summed E-state index contributed by atoms with van der Waals surface area (Å²) in [6.07, 6.45) is -6.75. The number of aliphatic hydroxyl groups excluding tert-OH is 4. The van der Waals surface area contributed by atoms with Crippen LogP contribution in [0.25, 0.3) is 0 Å². The minimum Gasteiger partial charge on any atom is -0.391 e. The van der Waals surface area contributed by atoms with Crippen LogP contribution in [-0.2, 0) is 4.74 Å². The van der Waals surface area contributed by atoms with Crippen LogP contribution in [0.4, 0.5) is 4.39 Å². The van der Waals surface area contributed by atoms with Gasteiger partial charge in [-0.3, -0.25) is 0 Å². The number of aliphatic hydroxyl groups is 5. The molecule has 1 saturated heterocycles. The minimum absolute atomic E-state index is 1.01. The van der Waals surface area contributed by atoms with Gasteiger partial charge in [-0.2, -0.15) is 0 Å². The van der Waals surface area contributed by atoms with Gasteiger partial charge in [-0.25, -0.2) is 4.39 Å². The van der Waals surface area contributed by atoms with Gasteiger partial charge in [0, 0.05) is 0 Å². The number of alkyl halides is 1. The van der Waals surface area contributed by atoms with E-state index in [1.807, 2.05) is 0 Å². The average molecular weight is 212 g/mol. The highest BCUT2D eigenvalue weighted by Gasteiger charge is 2.52. The molecule has 1 fully saturated rings. The Morgan fingerprint density at radius 3 is 2.21 bits per heavy atom. The molecule has 1 aliphatic heterocycles. The molecule has 0 aliphatic carbocycles. The van der Waals surface area contributed by atoms with E-state index in [2.05, 4.69) is 4.74 Å². The van der Waals surface area contributed by atoms with Crippen molar-refractivity contribution in [3.05, 3.63) is 0 Å². The molecule has 0 amide bonds. The Morgan fingerprint density at radius 2 is 1.79 bits per heavy atom. The van der Waals surface area contributed by atoms with Crippen LogP contribution >= 0.6 is 0 Å². The second kappa shape index (κ2) is 4.05. The van der Waals surface area contributed by atoms with Crippen molar-refractivity contribution in [2.75, 3.05) is 13.3 Å². The molecule has 7 heteroatoms. The molecule has 6 nitrogen and oxygen atoms in total. The molecule has 0 spiro atoms. The van der Waals surface area contributed by atoms with E-state index in [4.69, 9.17) is 10.2 Å². The summed E-state index contributed by atoms with van der Waals surface area (Å²) in [5.41, 5.74) is 0. The van der Waals surface area contributed by atoms with Crippen LogP contribution in [0.5, 0.6) is 0 Å². The first-order valence-corrected chi connectivity index (χ1v) is 4.07. The van der Waals surface area contributed by atoms with Crippen molar-refractivity contribution >= 4 is 0 Å². The lowest BCUT2D eigenvalue weighted by atomic mass is 9.93. The maximum atomic E-state index is 12.2. The molecule has 1 aliphatic rings. The SMILES string of the molecule is OCC1(O)O[C@H](CF)[C@@H](O)[C@H](O)[C@@H]1O. The molecule has 14 heavy (non-hydrogen) atoms. The molecule has 0 saturated carbocycles. The van der Waals surface area contributed by atoms with Crippen molar-refractivity contribution in [3.8, 4) is 0 Å². The van der Waals surface area contributed by atoms with Crippen LogP contribution in [0, 0.1) is 0 Å². The Balaban J connectivity index is 2.84. The molecule has 5 N–H and O–H groups in total. The lowest BCUT2D eigenvalue weighted by molar-refractivity contribution is -0.355. The Kier molecular flexibility index (Phi) is 3.40.